The van der Waals surface area contributed by atoms with Crippen LogP contribution < -0.4 is 5.43 Å². The van der Waals surface area contributed by atoms with Crippen molar-refractivity contribution in [1.29, 1.82) is 0 Å². The highest BCUT2D eigenvalue weighted by Crippen LogP contribution is 2.64. The van der Waals surface area contributed by atoms with Crippen molar-refractivity contribution >= 4 is 17.1 Å². The second-order valence-corrected chi connectivity index (χ2v) is 9.35. The third kappa shape index (κ3) is 2.53. The maximum atomic E-state index is 4.75. The van der Waals surface area contributed by atoms with Crippen molar-refractivity contribution in [2.75, 3.05) is 0 Å². The zero-order valence-electron chi connectivity index (χ0n) is 17.7. The third-order valence-electron chi connectivity index (χ3n) is 7.84. The second-order valence-electron chi connectivity index (χ2n) is 9.35. The lowest BCUT2D eigenvalue weighted by atomic mass is 9.69. The lowest BCUT2D eigenvalue weighted by Gasteiger charge is -2.36. The summed E-state index contributed by atoms with van der Waals surface area (Å²) in [6.07, 6.45) is 6.96. The van der Waals surface area contributed by atoms with Crippen LogP contribution in [0.4, 0.5) is 0 Å². The smallest absolute Gasteiger partial charge is 0.0578 e. The fourth-order valence-electron chi connectivity index (χ4n) is 5.52. The van der Waals surface area contributed by atoms with E-state index in [0.717, 1.165) is 5.56 Å². The normalized spacial score (nSPS) is 25.1. The van der Waals surface area contributed by atoms with E-state index in [1.54, 1.807) is 0 Å². The Hall–Kier alpha value is -2.81. The van der Waals surface area contributed by atoms with E-state index in [2.05, 4.69) is 98.5 Å². The van der Waals surface area contributed by atoms with Gasteiger partial charge in [-0.05, 0) is 35.8 Å². The Morgan fingerprint density at radius 3 is 2.45 bits per heavy atom. The summed E-state index contributed by atoms with van der Waals surface area (Å²) in [5.74, 6) is 0.655. The standard InChI is InChI=1S/C26H29N3/c1-25(2)19-14-15-26(25,3)23(16-19)28-27-17-21-20-12-8-9-13-22(20)29(4)24(21)18-10-6-5-7-11-18/h5-13,16-17,19,28H,14-15H2,1-4H3/b27-17-/t19-,26-/m1/s1. The van der Waals surface area contributed by atoms with E-state index < -0.39 is 0 Å². The lowest BCUT2D eigenvalue weighted by molar-refractivity contribution is 0.164. The number of hydrogen-bond donors (Lipinski definition) is 1. The molecule has 29 heavy (non-hydrogen) atoms. The third-order valence-corrected chi connectivity index (χ3v) is 7.84. The molecule has 1 saturated carbocycles. The Kier molecular flexibility index (Phi) is 3.99. The molecule has 3 aromatic rings. The molecule has 2 atom stereocenters. The van der Waals surface area contributed by atoms with E-state index in [-0.39, 0.29) is 5.41 Å². The van der Waals surface area contributed by atoms with Crippen LogP contribution in [0.15, 0.2) is 71.5 Å². The molecule has 0 saturated heterocycles. The van der Waals surface area contributed by atoms with Crippen molar-refractivity contribution in [3.8, 4) is 11.3 Å². The average molecular weight is 384 g/mol. The van der Waals surface area contributed by atoms with Crippen molar-refractivity contribution < 1.29 is 0 Å². The van der Waals surface area contributed by atoms with E-state index >= 15 is 0 Å². The van der Waals surface area contributed by atoms with Crippen LogP contribution in [0, 0.1) is 16.7 Å². The maximum Gasteiger partial charge on any atom is 0.0578 e. The molecule has 0 spiro atoms. The molecule has 148 valence electrons. The fraction of sp³-hybridized carbons (Fsp3) is 0.346. The van der Waals surface area contributed by atoms with Crippen LogP contribution in [0.5, 0.6) is 0 Å². The fourth-order valence-corrected chi connectivity index (χ4v) is 5.52. The van der Waals surface area contributed by atoms with Crippen LogP contribution in [0.2, 0.25) is 0 Å². The molecule has 3 nitrogen and oxygen atoms in total. The average Bonchev–Trinajstić information content (AvgIpc) is 3.21. The van der Waals surface area contributed by atoms with Crippen LogP contribution in [0.1, 0.15) is 39.2 Å². The number of fused-ring (bicyclic) bond motifs is 3. The summed E-state index contributed by atoms with van der Waals surface area (Å²) in [5, 5.41) is 5.98. The molecule has 1 fully saturated rings. The molecule has 5 rings (SSSR count). The quantitative estimate of drug-likeness (QED) is 0.427. The highest BCUT2D eigenvalue weighted by atomic mass is 15.3. The molecule has 1 N–H and O–H groups in total. The Morgan fingerprint density at radius 1 is 1.03 bits per heavy atom. The summed E-state index contributed by atoms with van der Waals surface area (Å²) in [7, 11) is 2.14. The summed E-state index contributed by atoms with van der Waals surface area (Å²) < 4.78 is 2.27. The summed E-state index contributed by atoms with van der Waals surface area (Å²) in [6, 6.07) is 19.1. The highest BCUT2D eigenvalue weighted by Gasteiger charge is 2.57. The van der Waals surface area contributed by atoms with Crippen LogP contribution in [-0.4, -0.2) is 10.8 Å². The van der Waals surface area contributed by atoms with Crippen molar-refractivity contribution in [3.63, 3.8) is 0 Å². The van der Waals surface area contributed by atoms with Gasteiger partial charge in [-0.1, -0.05) is 75.4 Å². The van der Waals surface area contributed by atoms with Gasteiger partial charge in [-0.25, -0.2) is 0 Å². The zero-order valence-corrected chi connectivity index (χ0v) is 17.7. The van der Waals surface area contributed by atoms with Crippen LogP contribution >= 0.6 is 0 Å². The minimum Gasteiger partial charge on any atom is -0.343 e. The van der Waals surface area contributed by atoms with E-state index in [0.29, 0.717) is 11.3 Å². The number of nitrogens with one attached hydrogen (secondary N) is 1. The summed E-state index contributed by atoms with van der Waals surface area (Å²) in [4.78, 5) is 0. The molecule has 1 heterocycles. The van der Waals surface area contributed by atoms with E-state index in [9.17, 15) is 0 Å². The van der Waals surface area contributed by atoms with Gasteiger partial charge < -0.3 is 4.57 Å². The molecule has 2 aromatic carbocycles. The molecule has 0 amide bonds. The first kappa shape index (κ1) is 18.2. The number of aromatic nitrogens is 1. The van der Waals surface area contributed by atoms with Gasteiger partial charge in [-0.3, -0.25) is 5.43 Å². The SMILES string of the molecule is Cn1c(-c2ccccc2)c(/C=N\NC2=C[C@H]3CC[C@@]2(C)C3(C)C)c2ccccc21. The van der Waals surface area contributed by atoms with Crippen LogP contribution in [0.25, 0.3) is 22.2 Å². The number of hydrogen-bond acceptors (Lipinski definition) is 2. The van der Waals surface area contributed by atoms with Crippen molar-refractivity contribution in [3.05, 3.63) is 71.9 Å². The van der Waals surface area contributed by atoms with Crippen molar-refractivity contribution in [1.82, 2.24) is 9.99 Å². The first-order valence-corrected chi connectivity index (χ1v) is 10.6. The predicted molar refractivity (Wildman–Crippen MR) is 122 cm³/mol. The highest BCUT2D eigenvalue weighted by molar-refractivity contribution is 6.06. The molecule has 2 aliphatic rings. The molecule has 0 unspecified atom stereocenters. The van der Waals surface area contributed by atoms with Gasteiger partial charge in [0.15, 0.2) is 0 Å². The summed E-state index contributed by atoms with van der Waals surface area (Å²) in [5.41, 5.74) is 10.0. The second kappa shape index (κ2) is 6.35. The number of nitrogens with zero attached hydrogens (tertiary/aromatic N) is 2. The zero-order chi connectivity index (χ0) is 20.2. The van der Waals surface area contributed by atoms with E-state index in [1.807, 2.05) is 6.21 Å². The molecular weight excluding hydrogens is 354 g/mol. The monoisotopic (exact) mass is 383 g/mol. The van der Waals surface area contributed by atoms with E-state index in [1.165, 1.54) is 40.7 Å². The van der Waals surface area contributed by atoms with Gasteiger partial charge in [-0.2, -0.15) is 5.10 Å². The molecule has 0 radical (unpaired) electrons. The number of hydrazone groups is 1. The summed E-state index contributed by atoms with van der Waals surface area (Å²) in [6.45, 7) is 7.19. The van der Waals surface area contributed by atoms with Gasteiger partial charge >= 0.3 is 0 Å². The minimum absolute atomic E-state index is 0.190. The molecule has 0 aliphatic heterocycles. The van der Waals surface area contributed by atoms with Gasteiger partial charge in [0, 0.05) is 34.6 Å². The first-order valence-electron chi connectivity index (χ1n) is 10.6. The Morgan fingerprint density at radius 2 is 1.76 bits per heavy atom. The lowest BCUT2D eigenvalue weighted by Crippen LogP contribution is -2.33. The number of rotatable bonds is 4. The topological polar surface area (TPSA) is 29.3 Å². The van der Waals surface area contributed by atoms with Gasteiger partial charge in [-0.15, -0.1) is 0 Å². The molecule has 2 bridgehead atoms. The van der Waals surface area contributed by atoms with Crippen molar-refractivity contribution in [2.45, 2.75) is 33.6 Å². The van der Waals surface area contributed by atoms with Crippen LogP contribution in [-0.2, 0) is 7.05 Å². The molecule has 2 aliphatic carbocycles. The maximum absolute atomic E-state index is 4.75. The Labute approximate surface area is 173 Å². The van der Waals surface area contributed by atoms with Gasteiger partial charge in [0.05, 0.1) is 11.9 Å². The number of allylic oxidation sites excluding steroid dienone is 2. The molecule has 1 aromatic heterocycles. The first-order chi connectivity index (χ1) is 13.9. The van der Waals surface area contributed by atoms with E-state index in [4.69, 9.17) is 5.10 Å². The molecular formula is C26H29N3. The predicted octanol–water partition coefficient (Wildman–Crippen LogP) is 6.11. The largest absolute Gasteiger partial charge is 0.343 e. The van der Waals surface area contributed by atoms with Crippen molar-refractivity contribution in [2.24, 2.45) is 28.9 Å². The Bertz CT molecular complexity index is 1130. The number of benzene rings is 2. The van der Waals surface area contributed by atoms with Gasteiger partial charge in [0.1, 0.15) is 0 Å². The minimum atomic E-state index is 0.190. The molecule has 3 heteroatoms. The number of para-hydroxylation sites is 1. The summed E-state index contributed by atoms with van der Waals surface area (Å²) >= 11 is 0. The van der Waals surface area contributed by atoms with Gasteiger partial charge in [0.2, 0.25) is 0 Å². The van der Waals surface area contributed by atoms with Crippen LogP contribution in [0.3, 0.4) is 0 Å². The van der Waals surface area contributed by atoms with Gasteiger partial charge in [0.25, 0.3) is 0 Å². The Balaban J connectivity index is 1.54. The number of aryl methyl sites for hydroxylation is 1.